The fourth-order valence-corrected chi connectivity index (χ4v) is 12.3. The van der Waals surface area contributed by atoms with Crippen LogP contribution >= 0.6 is 0 Å². The molecule has 1 amide bonds. The molecule has 1 aliphatic heterocycles. The Labute approximate surface area is 572 Å². The van der Waals surface area contributed by atoms with Crippen molar-refractivity contribution in [3.63, 3.8) is 0 Å². The van der Waals surface area contributed by atoms with E-state index in [1.807, 2.05) is 6.08 Å². The van der Waals surface area contributed by atoms with Gasteiger partial charge in [0.2, 0.25) is 5.91 Å². The molecule has 0 aromatic heterocycles. The molecular formula is C82H149NO10. The van der Waals surface area contributed by atoms with E-state index in [2.05, 4.69) is 86.8 Å². The summed E-state index contributed by atoms with van der Waals surface area (Å²) in [4.78, 5) is 26.8. The maximum atomic E-state index is 13.5. The molecular weight excluding hydrogens is 1160 g/mol. The number of allylic oxidation sites excluding steroid dienone is 11. The van der Waals surface area contributed by atoms with Crippen molar-refractivity contribution in [3.05, 3.63) is 72.9 Å². The zero-order valence-electron chi connectivity index (χ0n) is 60.6. The van der Waals surface area contributed by atoms with E-state index in [0.29, 0.717) is 12.8 Å². The molecule has 11 heteroatoms. The quantitative estimate of drug-likeness (QED) is 0.0195. The van der Waals surface area contributed by atoms with Crippen molar-refractivity contribution < 1.29 is 49.3 Å². The van der Waals surface area contributed by atoms with E-state index in [9.17, 15) is 35.1 Å². The van der Waals surface area contributed by atoms with E-state index >= 15 is 0 Å². The first-order valence-corrected chi connectivity index (χ1v) is 39.7. The van der Waals surface area contributed by atoms with Crippen LogP contribution in [0.15, 0.2) is 72.9 Å². The van der Waals surface area contributed by atoms with Gasteiger partial charge in [-0.1, -0.05) is 344 Å². The Hall–Kier alpha value is -2.90. The zero-order chi connectivity index (χ0) is 67.4. The van der Waals surface area contributed by atoms with Gasteiger partial charge in [0.25, 0.3) is 0 Å². The van der Waals surface area contributed by atoms with Crippen molar-refractivity contribution in [1.82, 2.24) is 5.32 Å². The average molecular weight is 1310 g/mol. The summed E-state index contributed by atoms with van der Waals surface area (Å²) in [6.45, 7) is 5.82. The molecule has 1 saturated heterocycles. The van der Waals surface area contributed by atoms with Gasteiger partial charge in [-0.25, -0.2) is 0 Å². The summed E-state index contributed by atoms with van der Waals surface area (Å²) < 4.78 is 17.8. The first kappa shape index (κ1) is 88.1. The van der Waals surface area contributed by atoms with Crippen LogP contribution in [0.3, 0.4) is 0 Å². The van der Waals surface area contributed by atoms with Gasteiger partial charge < -0.3 is 45.1 Å². The maximum Gasteiger partial charge on any atom is 0.306 e. The molecule has 93 heavy (non-hydrogen) atoms. The van der Waals surface area contributed by atoms with Crippen LogP contribution < -0.4 is 5.32 Å². The number of aliphatic hydroxyl groups is 5. The fraction of sp³-hybridized carbons (Fsp3) is 0.829. The number of carbonyl (C=O) groups excluding carboxylic acids is 2. The van der Waals surface area contributed by atoms with Gasteiger partial charge in [0.15, 0.2) is 12.4 Å². The topological polar surface area (TPSA) is 175 Å². The van der Waals surface area contributed by atoms with Crippen molar-refractivity contribution in [2.45, 2.75) is 423 Å². The third-order valence-electron chi connectivity index (χ3n) is 18.6. The molecule has 8 atom stereocenters. The van der Waals surface area contributed by atoms with Gasteiger partial charge in [-0.3, -0.25) is 9.59 Å². The van der Waals surface area contributed by atoms with Gasteiger partial charge in [-0.2, -0.15) is 0 Å². The summed E-state index contributed by atoms with van der Waals surface area (Å²) in [6, 6.07) is -1.03. The molecule has 0 spiro atoms. The summed E-state index contributed by atoms with van der Waals surface area (Å²) in [5, 5.41) is 57.5. The lowest BCUT2D eigenvalue weighted by molar-refractivity contribution is -0.305. The van der Waals surface area contributed by atoms with Gasteiger partial charge in [-0.05, 0) is 96.3 Å². The monoisotopic (exact) mass is 1310 g/mol. The summed E-state index contributed by atoms with van der Waals surface area (Å²) in [6.07, 6.45) is 80.9. The van der Waals surface area contributed by atoms with Crippen LogP contribution in [-0.2, 0) is 23.8 Å². The van der Waals surface area contributed by atoms with Crippen molar-refractivity contribution >= 4 is 11.9 Å². The standard InChI is InChI=1S/C82H149NO10/c1-4-7-10-13-16-19-22-25-27-29-31-33-35-37-39-40-42-44-46-48-51-54-57-60-63-66-69-75(86)81(90)83-73(74(85)68-65-62-59-56-53-50-24-21-18-15-12-9-6-3)72-91-82-80(79(89)78(88)76(71-84)92-82)93-77(87)70-67-64-61-58-55-52-49-47-45-43-41-38-36-34-32-30-28-26-23-20-17-14-11-8-5-2/h16,19,25-28,31,33,37,39,65,68,73-76,78-80,82,84-86,88-89H,4-15,17-18,20-24,29-30,32,34-36,38,40-64,66-67,69-72H2,1-3H3,(H,83,90)/b19-16-,27-25-,28-26+,33-31-,39-37-,68-65+. The Morgan fingerprint density at radius 1 is 0.419 bits per heavy atom. The van der Waals surface area contributed by atoms with Crippen LogP contribution in [-0.4, -0.2) is 99.6 Å². The number of rotatable bonds is 69. The summed E-state index contributed by atoms with van der Waals surface area (Å²) >= 11 is 0. The molecule has 1 aliphatic rings. The number of carbonyl (C=O) groups is 2. The first-order valence-electron chi connectivity index (χ1n) is 39.7. The van der Waals surface area contributed by atoms with Crippen LogP contribution in [0.5, 0.6) is 0 Å². The van der Waals surface area contributed by atoms with Crippen LogP contribution in [0.25, 0.3) is 0 Å². The molecule has 6 N–H and O–H groups in total. The maximum absolute atomic E-state index is 13.5. The first-order chi connectivity index (χ1) is 45.7. The minimum absolute atomic E-state index is 0.125. The van der Waals surface area contributed by atoms with E-state index in [4.69, 9.17) is 14.2 Å². The van der Waals surface area contributed by atoms with Gasteiger partial charge >= 0.3 is 5.97 Å². The minimum Gasteiger partial charge on any atom is -0.454 e. The van der Waals surface area contributed by atoms with E-state index in [0.717, 1.165) is 83.5 Å². The van der Waals surface area contributed by atoms with Crippen LogP contribution in [0.1, 0.15) is 374 Å². The molecule has 0 aromatic rings. The highest BCUT2D eigenvalue weighted by Crippen LogP contribution is 2.27. The Balaban J connectivity index is 2.52. The molecule has 11 nitrogen and oxygen atoms in total. The lowest BCUT2D eigenvalue weighted by Gasteiger charge is -2.41. The van der Waals surface area contributed by atoms with Crippen LogP contribution in [0, 0.1) is 0 Å². The van der Waals surface area contributed by atoms with Crippen LogP contribution in [0.4, 0.5) is 0 Å². The van der Waals surface area contributed by atoms with Crippen LogP contribution in [0.2, 0.25) is 0 Å². The average Bonchev–Trinajstić information content (AvgIpc) is 0.910. The van der Waals surface area contributed by atoms with E-state index < -0.39 is 67.4 Å². The third kappa shape index (κ3) is 55.8. The highest BCUT2D eigenvalue weighted by molar-refractivity contribution is 5.80. The highest BCUT2D eigenvalue weighted by atomic mass is 16.7. The van der Waals surface area contributed by atoms with E-state index in [1.54, 1.807) is 6.08 Å². The smallest absolute Gasteiger partial charge is 0.306 e. The second kappa shape index (κ2) is 69.0. The van der Waals surface area contributed by atoms with Gasteiger partial charge in [0.1, 0.15) is 24.4 Å². The lowest BCUT2D eigenvalue weighted by Crippen LogP contribution is -2.61. The second-order valence-electron chi connectivity index (χ2n) is 27.4. The number of ether oxygens (including phenoxy) is 3. The predicted octanol–water partition coefficient (Wildman–Crippen LogP) is 21.4. The van der Waals surface area contributed by atoms with Crippen molar-refractivity contribution in [2.24, 2.45) is 0 Å². The molecule has 0 aromatic carbocycles. The zero-order valence-corrected chi connectivity index (χ0v) is 60.6. The van der Waals surface area contributed by atoms with Crippen molar-refractivity contribution in [1.29, 1.82) is 0 Å². The number of hydrogen-bond donors (Lipinski definition) is 6. The third-order valence-corrected chi connectivity index (χ3v) is 18.6. The van der Waals surface area contributed by atoms with Gasteiger partial charge in [-0.15, -0.1) is 0 Å². The number of esters is 1. The predicted molar refractivity (Wildman–Crippen MR) is 393 cm³/mol. The summed E-state index contributed by atoms with van der Waals surface area (Å²) in [5.74, 6) is -1.18. The number of nitrogens with one attached hydrogen (secondary N) is 1. The Bertz CT molecular complexity index is 1800. The lowest BCUT2D eigenvalue weighted by atomic mass is 9.99. The van der Waals surface area contributed by atoms with Gasteiger partial charge in [0, 0.05) is 6.42 Å². The molecule has 0 aliphatic carbocycles. The Kier molecular flexibility index (Phi) is 65.4. The Morgan fingerprint density at radius 3 is 1.14 bits per heavy atom. The largest absolute Gasteiger partial charge is 0.454 e. The SMILES string of the molecule is CCCCC/C=C\C/C=C\C/C=C\C/C=C\CCCCCCCCCCCCC(O)C(=O)NC(COC1OC(CO)C(O)C(O)C1OC(=O)CCCCCCCCCCCCCCCCC/C=C/CCCCCCCC)C(O)/C=C/CCCCCCCCCCCCC. The molecule has 1 fully saturated rings. The minimum atomic E-state index is -1.62. The van der Waals surface area contributed by atoms with E-state index in [1.165, 1.54) is 244 Å². The summed E-state index contributed by atoms with van der Waals surface area (Å²) in [5.41, 5.74) is 0. The highest BCUT2D eigenvalue weighted by Gasteiger charge is 2.47. The molecule has 0 radical (unpaired) electrons. The fourth-order valence-electron chi connectivity index (χ4n) is 12.3. The molecule has 542 valence electrons. The molecule has 1 heterocycles. The number of hydrogen-bond acceptors (Lipinski definition) is 10. The number of unbranched alkanes of at least 4 members (excludes halogenated alkanes) is 45. The molecule has 0 bridgehead atoms. The Morgan fingerprint density at radius 2 is 0.742 bits per heavy atom. The number of aliphatic hydroxyl groups excluding tert-OH is 5. The van der Waals surface area contributed by atoms with E-state index in [-0.39, 0.29) is 19.4 Å². The molecule has 1 rings (SSSR count). The van der Waals surface area contributed by atoms with Crippen molar-refractivity contribution in [2.75, 3.05) is 13.2 Å². The summed E-state index contributed by atoms with van der Waals surface area (Å²) in [7, 11) is 0. The second-order valence-corrected chi connectivity index (χ2v) is 27.4. The normalized spacial score (nSPS) is 18.2. The molecule has 8 unspecified atom stereocenters. The molecule has 0 saturated carbocycles. The number of amides is 1. The van der Waals surface area contributed by atoms with Crippen molar-refractivity contribution in [3.8, 4) is 0 Å². The van der Waals surface area contributed by atoms with Gasteiger partial charge in [0.05, 0.1) is 25.4 Å².